The summed E-state index contributed by atoms with van der Waals surface area (Å²) in [5, 5.41) is -0.0238. The van der Waals surface area contributed by atoms with Gasteiger partial charge in [-0.05, 0) is 12.8 Å². The summed E-state index contributed by atoms with van der Waals surface area (Å²) in [6.07, 6.45) is 0.330. The van der Waals surface area contributed by atoms with Crippen LogP contribution in [-0.4, -0.2) is 36.8 Å². The van der Waals surface area contributed by atoms with Gasteiger partial charge in [0.25, 0.3) is 0 Å². The van der Waals surface area contributed by atoms with Crippen LogP contribution in [0.15, 0.2) is 0 Å². The minimum atomic E-state index is -0.0238. The zero-order chi connectivity index (χ0) is 9.78. The molecule has 0 N–H and O–H groups in total. The van der Waals surface area contributed by atoms with Gasteiger partial charge in [-0.25, -0.2) is 0 Å². The third-order valence-electron chi connectivity index (χ3n) is 1.30. The second kappa shape index (κ2) is 6.68. The maximum absolute atomic E-state index is 10.5. The van der Waals surface area contributed by atoms with E-state index in [9.17, 15) is 4.79 Å². The van der Waals surface area contributed by atoms with Gasteiger partial charge in [-0.15, -0.1) is 12.6 Å². The Balaban J connectivity index is 0. The lowest BCUT2D eigenvalue weighted by molar-refractivity contribution is -0.872. The van der Waals surface area contributed by atoms with Crippen LogP contribution >= 0.6 is 12.6 Å². The van der Waals surface area contributed by atoms with E-state index in [1.807, 2.05) is 21.1 Å². The predicted octanol–water partition coefficient (Wildman–Crippen LogP) is -2.06. The van der Waals surface area contributed by atoms with Crippen molar-refractivity contribution >= 4 is 18.4 Å². The predicted molar refractivity (Wildman–Crippen MR) is 53.9 cm³/mol. The molecule has 0 saturated carbocycles. The number of ketones is 1. The molecule has 0 aliphatic rings. The Labute approximate surface area is 103 Å². The van der Waals surface area contributed by atoms with E-state index in [1.165, 1.54) is 6.92 Å². The molecule has 0 spiro atoms. The highest BCUT2D eigenvalue weighted by atomic mass is 127. The van der Waals surface area contributed by atoms with Crippen LogP contribution in [0, 0.1) is 11.8 Å². The standard InChI is InChI=1S/C9H15NOS.HI/c1-8(11)6-5-7-9(12)10(2,3)4;/h9H,6H2,1-4H3;1H/t9-;/m0./s1. The van der Waals surface area contributed by atoms with Crippen molar-refractivity contribution in [1.82, 2.24) is 0 Å². The van der Waals surface area contributed by atoms with Gasteiger partial charge < -0.3 is 28.5 Å². The molecule has 0 amide bonds. The first-order chi connectivity index (χ1) is 5.34. The smallest absolute Gasteiger partial charge is 0.194 e. The van der Waals surface area contributed by atoms with Gasteiger partial charge in [0.15, 0.2) is 5.37 Å². The Morgan fingerprint density at radius 3 is 2.23 bits per heavy atom. The van der Waals surface area contributed by atoms with Gasteiger partial charge in [-0.2, -0.15) is 0 Å². The van der Waals surface area contributed by atoms with Crippen LogP contribution in [0.25, 0.3) is 0 Å². The molecule has 13 heavy (non-hydrogen) atoms. The average molecular weight is 313 g/mol. The Bertz CT molecular complexity index is 224. The molecule has 2 nitrogen and oxygen atoms in total. The zero-order valence-corrected chi connectivity index (χ0v) is 11.5. The Kier molecular flexibility index (Phi) is 8.09. The Hall–Kier alpha value is 0.270. The lowest BCUT2D eigenvalue weighted by Gasteiger charge is -2.26. The lowest BCUT2D eigenvalue weighted by atomic mass is 10.3. The molecular formula is C9H16INOS. The number of nitrogens with zero attached hydrogens (tertiary/aromatic N) is 1. The van der Waals surface area contributed by atoms with Crippen LogP contribution in [0.3, 0.4) is 0 Å². The second-order valence-electron chi connectivity index (χ2n) is 3.69. The molecule has 0 radical (unpaired) electrons. The summed E-state index contributed by atoms with van der Waals surface area (Å²) in [5.74, 6) is 5.82. The first-order valence-electron chi connectivity index (χ1n) is 3.81. The van der Waals surface area contributed by atoms with Crippen LogP contribution in [0.4, 0.5) is 0 Å². The molecule has 0 aromatic carbocycles. The van der Waals surface area contributed by atoms with Crippen LogP contribution in [0.1, 0.15) is 13.3 Å². The van der Waals surface area contributed by atoms with Crippen molar-refractivity contribution in [3.05, 3.63) is 0 Å². The first kappa shape index (κ1) is 15.7. The van der Waals surface area contributed by atoms with Crippen molar-refractivity contribution in [3.8, 4) is 11.8 Å². The lowest BCUT2D eigenvalue weighted by Crippen LogP contribution is -3.00. The van der Waals surface area contributed by atoms with E-state index < -0.39 is 0 Å². The number of carbonyl (C=O) groups excluding carboxylic acids is 1. The molecule has 76 valence electrons. The molecule has 1 atom stereocenters. The highest BCUT2D eigenvalue weighted by molar-refractivity contribution is 7.81. The summed E-state index contributed by atoms with van der Waals surface area (Å²) in [6.45, 7) is 1.54. The summed E-state index contributed by atoms with van der Waals surface area (Å²) < 4.78 is 0.675. The fraction of sp³-hybridized carbons (Fsp3) is 0.667. The van der Waals surface area contributed by atoms with Crippen LogP contribution in [-0.2, 0) is 4.79 Å². The van der Waals surface area contributed by atoms with E-state index in [4.69, 9.17) is 0 Å². The average Bonchev–Trinajstić information content (AvgIpc) is 1.84. The van der Waals surface area contributed by atoms with Gasteiger partial charge in [0.1, 0.15) is 5.78 Å². The number of carbonyl (C=O) groups is 1. The van der Waals surface area contributed by atoms with Crippen molar-refractivity contribution in [2.75, 3.05) is 21.1 Å². The van der Waals surface area contributed by atoms with Crippen LogP contribution < -0.4 is 24.0 Å². The Morgan fingerprint density at radius 2 is 1.92 bits per heavy atom. The van der Waals surface area contributed by atoms with Crippen molar-refractivity contribution in [2.24, 2.45) is 0 Å². The molecule has 0 aromatic heterocycles. The molecule has 4 heteroatoms. The van der Waals surface area contributed by atoms with Crippen molar-refractivity contribution < 1.29 is 33.3 Å². The van der Waals surface area contributed by atoms with Gasteiger partial charge in [-0.3, -0.25) is 4.79 Å². The SMILES string of the molecule is CC(=O)CC#C[C@H](S)[N+](C)(C)C.[I-]. The fourth-order valence-corrected chi connectivity index (χ4v) is 0.552. The van der Waals surface area contributed by atoms with Crippen molar-refractivity contribution in [1.29, 1.82) is 0 Å². The van der Waals surface area contributed by atoms with E-state index in [0.717, 1.165) is 0 Å². The quantitative estimate of drug-likeness (QED) is 0.204. The minimum absolute atomic E-state index is 0. The molecule has 0 aromatic rings. The number of rotatable bonds is 2. The van der Waals surface area contributed by atoms with Gasteiger partial charge in [0, 0.05) is 0 Å². The number of hydrogen-bond acceptors (Lipinski definition) is 2. The highest BCUT2D eigenvalue weighted by Gasteiger charge is 2.15. The maximum atomic E-state index is 10.5. The van der Waals surface area contributed by atoms with E-state index >= 15 is 0 Å². The summed E-state index contributed by atoms with van der Waals surface area (Å²) in [4.78, 5) is 10.5. The number of Topliss-reactive ketones (excluding diaryl/α,β-unsaturated/α-hetero) is 1. The largest absolute Gasteiger partial charge is 1.00 e. The molecule has 0 rings (SSSR count). The zero-order valence-electron chi connectivity index (χ0n) is 8.47. The maximum Gasteiger partial charge on any atom is 0.194 e. The number of quaternary nitrogens is 1. The van der Waals surface area contributed by atoms with Crippen molar-refractivity contribution in [2.45, 2.75) is 18.7 Å². The van der Waals surface area contributed by atoms with E-state index in [2.05, 4.69) is 24.5 Å². The minimum Gasteiger partial charge on any atom is -1.00 e. The third kappa shape index (κ3) is 8.60. The number of thiol groups is 1. The van der Waals surface area contributed by atoms with Crippen molar-refractivity contribution in [3.63, 3.8) is 0 Å². The summed E-state index contributed by atoms with van der Waals surface area (Å²) in [7, 11) is 6.04. The summed E-state index contributed by atoms with van der Waals surface area (Å²) in [6, 6.07) is 0. The number of halogens is 1. The van der Waals surface area contributed by atoms with E-state index in [1.54, 1.807) is 0 Å². The van der Waals surface area contributed by atoms with Crippen LogP contribution in [0.2, 0.25) is 0 Å². The highest BCUT2D eigenvalue weighted by Crippen LogP contribution is 2.04. The van der Waals surface area contributed by atoms with Gasteiger partial charge in [0.05, 0.1) is 27.6 Å². The van der Waals surface area contributed by atoms with Gasteiger partial charge in [0.2, 0.25) is 0 Å². The molecular weight excluding hydrogens is 297 g/mol. The number of hydrogen-bond donors (Lipinski definition) is 1. The summed E-state index contributed by atoms with van der Waals surface area (Å²) in [5.41, 5.74) is 0. The van der Waals surface area contributed by atoms with Gasteiger partial charge in [-0.1, -0.05) is 5.92 Å². The van der Waals surface area contributed by atoms with E-state index in [0.29, 0.717) is 10.9 Å². The molecule has 0 heterocycles. The normalized spacial score (nSPS) is 12.1. The van der Waals surface area contributed by atoms with E-state index in [-0.39, 0.29) is 35.1 Å². The monoisotopic (exact) mass is 313 g/mol. The molecule has 0 aliphatic heterocycles. The Morgan fingerprint density at radius 1 is 1.46 bits per heavy atom. The van der Waals surface area contributed by atoms with Gasteiger partial charge >= 0.3 is 0 Å². The molecule has 0 bridgehead atoms. The molecule has 0 fully saturated rings. The molecule has 0 aliphatic carbocycles. The summed E-state index contributed by atoms with van der Waals surface area (Å²) >= 11 is 4.30. The van der Waals surface area contributed by atoms with Crippen LogP contribution in [0.5, 0.6) is 0 Å². The molecule has 0 unspecified atom stereocenters. The first-order valence-corrected chi connectivity index (χ1v) is 4.32. The fourth-order valence-electron chi connectivity index (χ4n) is 0.460. The topological polar surface area (TPSA) is 17.1 Å². The third-order valence-corrected chi connectivity index (χ3v) is 2.12. The second-order valence-corrected chi connectivity index (χ2v) is 4.18. The molecule has 0 saturated heterocycles.